The number of carbonyl (C=O) groups is 1. The molecule has 0 aliphatic carbocycles. The van der Waals surface area contributed by atoms with Crippen LogP contribution >= 0.6 is 0 Å². The van der Waals surface area contributed by atoms with Gasteiger partial charge < -0.3 is 14.7 Å². The molecule has 3 aromatic rings. The van der Waals surface area contributed by atoms with E-state index in [4.69, 9.17) is 4.84 Å². The number of nitrogens with one attached hydrogen (secondary N) is 1. The highest BCUT2D eigenvalue weighted by molar-refractivity contribution is 6.07. The first kappa shape index (κ1) is 21.2. The van der Waals surface area contributed by atoms with Crippen LogP contribution in [0.25, 0.3) is 11.1 Å². The number of alkyl halides is 3. The number of hydrogen-bond acceptors (Lipinski definition) is 3. The van der Waals surface area contributed by atoms with E-state index in [9.17, 15) is 18.0 Å². The maximum absolute atomic E-state index is 13.3. The number of aryl methyl sites for hydroxylation is 1. The minimum absolute atomic E-state index is 0.412. The molecule has 0 aliphatic heterocycles. The van der Waals surface area contributed by atoms with Gasteiger partial charge in [-0.15, -0.1) is 0 Å². The Balaban J connectivity index is 1.92. The Morgan fingerprint density at radius 3 is 2.37 bits per heavy atom. The molecule has 1 aromatic heterocycles. The number of nitrogens with zero attached hydrogens (tertiary/aromatic N) is 2. The van der Waals surface area contributed by atoms with E-state index in [1.807, 2.05) is 31.2 Å². The van der Waals surface area contributed by atoms with Gasteiger partial charge in [0.25, 0.3) is 5.91 Å². The Bertz CT molecular complexity index is 1080. The van der Waals surface area contributed by atoms with E-state index in [0.717, 1.165) is 23.5 Å². The fourth-order valence-electron chi connectivity index (χ4n) is 3.10. The van der Waals surface area contributed by atoms with Crippen molar-refractivity contribution >= 4 is 17.3 Å². The molecule has 0 unspecified atom stereocenters. The van der Waals surface area contributed by atoms with E-state index >= 15 is 0 Å². The summed E-state index contributed by atoms with van der Waals surface area (Å²) in [6.07, 6.45) is -2.57. The third kappa shape index (κ3) is 4.53. The van der Waals surface area contributed by atoms with Crippen LogP contribution in [0.15, 0.2) is 66.1 Å². The van der Waals surface area contributed by atoms with E-state index in [1.54, 1.807) is 24.3 Å². The van der Waals surface area contributed by atoms with E-state index in [1.165, 1.54) is 18.7 Å². The molecular formula is C22H20F3N3O2. The zero-order valence-corrected chi connectivity index (χ0v) is 16.6. The van der Waals surface area contributed by atoms with Gasteiger partial charge in [-0.05, 0) is 24.1 Å². The van der Waals surface area contributed by atoms with Crippen LogP contribution in [0.4, 0.5) is 18.9 Å². The maximum Gasteiger partial charge on any atom is 0.418 e. The molecular weight excluding hydrogens is 395 g/mol. The average molecular weight is 415 g/mol. The normalized spacial score (nSPS) is 12.0. The van der Waals surface area contributed by atoms with Gasteiger partial charge in [0.15, 0.2) is 0 Å². The number of anilines is 1. The first-order valence-electron chi connectivity index (χ1n) is 9.03. The summed E-state index contributed by atoms with van der Waals surface area (Å²) in [5.41, 5.74) is 2.05. The zero-order chi connectivity index (χ0) is 21.9. The number of rotatable bonds is 5. The minimum Gasteiger partial charge on any atom is -0.399 e. The fourth-order valence-corrected chi connectivity index (χ4v) is 3.10. The monoisotopic (exact) mass is 415 g/mol. The predicted molar refractivity (Wildman–Crippen MR) is 109 cm³/mol. The summed E-state index contributed by atoms with van der Waals surface area (Å²) >= 11 is 0. The molecule has 30 heavy (non-hydrogen) atoms. The van der Waals surface area contributed by atoms with Gasteiger partial charge in [-0.3, -0.25) is 4.79 Å². The Hall–Kier alpha value is -3.55. The highest BCUT2D eigenvalue weighted by atomic mass is 19.4. The molecule has 0 atom stereocenters. The van der Waals surface area contributed by atoms with E-state index in [-0.39, 0.29) is 0 Å². The van der Waals surface area contributed by atoms with Crippen LogP contribution in [0.5, 0.6) is 0 Å². The van der Waals surface area contributed by atoms with E-state index in [2.05, 4.69) is 10.5 Å². The summed E-state index contributed by atoms with van der Waals surface area (Å²) in [6.45, 7) is 1.81. The molecule has 0 bridgehead atoms. The molecule has 1 N–H and O–H groups in total. The lowest BCUT2D eigenvalue weighted by Gasteiger charge is -2.13. The number of amides is 1. The number of para-hydroxylation sites is 1. The van der Waals surface area contributed by atoms with Crippen molar-refractivity contribution in [3.05, 3.63) is 77.6 Å². The number of oxime groups is 1. The number of aromatic nitrogens is 1. The average Bonchev–Trinajstić information content (AvgIpc) is 3.11. The Morgan fingerprint density at radius 1 is 1.07 bits per heavy atom. The molecule has 8 heteroatoms. The summed E-state index contributed by atoms with van der Waals surface area (Å²) in [5, 5.41) is 6.50. The van der Waals surface area contributed by atoms with Crippen molar-refractivity contribution in [3.8, 4) is 11.1 Å². The Kier molecular flexibility index (Phi) is 5.96. The van der Waals surface area contributed by atoms with Crippen LogP contribution in [0.3, 0.4) is 0 Å². The number of benzene rings is 2. The Labute approximate surface area is 171 Å². The van der Waals surface area contributed by atoms with Crippen LogP contribution in [0.2, 0.25) is 0 Å². The molecule has 5 nitrogen and oxygen atoms in total. The number of hydrogen-bond donors (Lipinski definition) is 1. The van der Waals surface area contributed by atoms with Gasteiger partial charge in [0, 0.05) is 30.7 Å². The molecule has 0 saturated heterocycles. The third-order valence-electron chi connectivity index (χ3n) is 4.52. The smallest absolute Gasteiger partial charge is 0.399 e. The lowest BCUT2D eigenvalue weighted by molar-refractivity contribution is -0.137. The molecule has 2 aromatic carbocycles. The van der Waals surface area contributed by atoms with Crippen molar-refractivity contribution in [2.45, 2.75) is 13.1 Å². The standard InChI is InChI=1S/C22H20F3N3O2/c1-14(27-30-3)15-8-10-16(11-9-15)17-6-4-5-7-20(17)26-21(29)18-12-28(2)13-19(18)22(23,24)25/h4-13H,1-3H3,(H,26,29)/b27-14-. The summed E-state index contributed by atoms with van der Waals surface area (Å²) in [4.78, 5) is 17.4. The summed E-state index contributed by atoms with van der Waals surface area (Å²) in [6, 6.07) is 14.3. The van der Waals surface area contributed by atoms with Gasteiger partial charge >= 0.3 is 6.18 Å². The Morgan fingerprint density at radius 2 is 1.73 bits per heavy atom. The van der Waals surface area contributed by atoms with Crippen LogP contribution in [0.1, 0.15) is 28.4 Å². The first-order valence-corrected chi connectivity index (χ1v) is 9.03. The van der Waals surface area contributed by atoms with Gasteiger partial charge in [-0.2, -0.15) is 13.2 Å². The van der Waals surface area contributed by atoms with Gasteiger partial charge in [0.2, 0.25) is 0 Å². The van der Waals surface area contributed by atoms with Crippen LogP contribution < -0.4 is 5.32 Å². The highest BCUT2D eigenvalue weighted by Crippen LogP contribution is 2.34. The van der Waals surface area contributed by atoms with Gasteiger partial charge in [-0.25, -0.2) is 0 Å². The van der Waals surface area contributed by atoms with Gasteiger partial charge in [0.1, 0.15) is 7.11 Å². The summed E-state index contributed by atoms with van der Waals surface area (Å²) < 4.78 is 41.0. The second-order valence-corrected chi connectivity index (χ2v) is 6.69. The lowest BCUT2D eigenvalue weighted by atomic mass is 10.0. The quantitative estimate of drug-likeness (QED) is 0.452. The predicted octanol–water partition coefficient (Wildman–Crippen LogP) is 5.33. The highest BCUT2D eigenvalue weighted by Gasteiger charge is 2.36. The van der Waals surface area contributed by atoms with Crippen LogP contribution in [-0.2, 0) is 18.1 Å². The molecule has 3 rings (SSSR count). The topological polar surface area (TPSA) is 55.6 Å². The molecule has 1 amide bonds. The van der Waals surface area contributed by atoms with E-state index < -0.39 is 23.2 Å². The molecule has 0 fully saturated rings. The molecule has 0 saturated carbocycles. The van der Waals surface area contributed by atoms with Crippen molar-refractivity contribution in [2.24, 2.45) is 12.2 Å². The number of halogens is 3. The minimum atomic E-state index is -4.62. The second kappa shape index (κ2) is 8.44. The van der Waals surface area contributed by atoms with Crippen molar-refractivity contribution in [3.63, 3.8) is 0 Å². The summed E-state index contributed by atoms with van der Waals surface area (Å²) in [7, 11) is 2.91. The largest absolute Gasteiger partial charge is 0.418 e. The molecule has 0 radical (unpaired) electrons. The van der Waals surface area contributed by atoms with Crippen molar-refractivity contribution < 1.29 is 22.8 Å². The van der Waals surface area contributed by atoms with Crippen molar-refractivity contribution in [1.82, 2.24) is 4.57 Å². The molecule has 1 heterocycles. The first-order chi connectivity index (χ1) is 14.2. The molecule has 0 spiro atoms. The van der Waals surface area contributed by atoms with Gasteiger partial charge in [-0.1, -0.05) is 47.6 Å². The van der Waals surface area contributed by atoms with Crippen LogP contribution in [0, 0.1) is 0 Å². The van der Waals surface area contributed by atoms with Crippen molar-refractivity contribution in [2.75, 3.05) is 12.4 Å². The zero-order valence-electron chi connectivity index (χ0n) is 16.6. The third-order valence-corrected chi connectivity index (χ3v) is 4.52. The lowest BCUT2D eigenvalue weighted by Crippen LogP contribution is -2.17. The SMILES string of the molecule is CO/N=C(/C)c1ccc(-c2ccccc2NC(=O)c2cn(C)cc2C(F)(F)F)cc1. The maximum atomic E-state index is 13.3. The second-order valence-electron chi connectivity index (χ2n) is 6.69. The van der Waals surface area contributed by atoms with E-state index in [0.29, 0.717) is 17.0 Å². The molecule has 156 valence electrons. The van der Waals surface area contributed by atoms with Gasteiger partial charge in [0.05, 0.1) is 16.8 Å². The van der Waals surface area contributed by atoms with Crippen molar-refractivity contribution in [1.29, 1.82) is 0 Å². The fraction of sp³-hybridized carbons (Fsp3) is 0.182. The van der Waals surface area contributed by atoms with Crippen LogP contribution in [-0.4, -0.2) is 23.3 Å². The number of carbonyl (C=O) groups excluding carboxylic acids is 1. The molecule has 0 aliphatic rings. The summed E-state index contributed by atoms with van der Waals surface area (Å²) in [5.74, 6) is -0.824.